The zero-order valence-electron chi connectivity index (χ0n) is 32.8. The van der Waals surface area contributed by atoms with Gasteiger partial charge in [-0.25, -0.2) is 19.3 Å². The molecule has 1 aromatic carbocycles. The molecule has 3 aromatic rings. The molecule has 4 fully saturated rings. The number of hydrogen-bond donors (Lipinski definition) is 4. The fourth-order valence-electron chi connectivity index (χ4n) is 8.46. The first-order valence-electron chi connectivity index (χ1n) is 19.9. The molecule has 6 heterocycles. The van der Waals surface area contributed by atoms with Gasteiger partial charge in [-0.3, -0.25) is 24.1 Å². The average molecular weight is 800 g/mol. The van der Waals surface area contributed by atoms with E-state index in [-0.39, 0.29) is 53.8 Å². The molecule has 17 heteroatoms. The Bertz CT molecular complexity index is 2090. The van der Waals surface area contributed by atoms with Crippen LogP contribution in [-0.2, 0) is 9.59 Å². The van der Waals surface area contributed by atoms with Crippen molar-refractivity contribution in [1.29, 1.82) is 0 Å². The number of carbonyl (C=O) groups is 4. The molecule has 5 N–H and O–H groups in total. The third-order valence-electron chi connectivity index (χ3n) is 12.1. The SMILES string of the molecule is CC[C@H]1C(COc2ncc(C#CCN3CCC4(CC3)CCN(c3ncc(C(=O)NCC(=O)N5CCC(O)C5)cn3)CC4)c3cc(C(N)=O)c(OC)cc23)NC(=O)C1F. The number of carbonyl (C=O) groups excluding carboxylic acids is 4. The number of aliphatic hydroxyl groups is 1. The third kappa shape index (κ3) is 8.77. The maximum absolute atomic E-state index is 14.4. The zero-order valence-corrected chi connectivity index (χ0v) is 32.8. The number of likely N-dealkylation sites (tertiary alicyclic amines) is 2. The monoisotopic (exact) mass is 799 g/mol. The van der Waals surface area contributed by atoms with Crippen molar-refractivity contribution >= 4 is 40.3 Å². The summed E-state index contributed by atoms with van der Waals surface area (Å²) in [5, 5.41) is 16.1. The van der Waals surface area contributed by atoms with Crippen LogP contribution in [0.5, 0.6) is 11.6 Å². The van der Waals surface area contributed by atoms with Crippen LogP contribution in [0.3, 0.4) is 0 Å². The Morgan fingerprint density at radius 1 is 1.05 bits per heavy atom. The fourth-order valence-corrected chi connectivity index (χ4v) is 8.46. The van der Waals surface area contributed by atoms with Crippen molar-refractivity contribution in [3.8, 4) is 23.5 Å². The molecule has 1 spiro atoms. The predicted octanol–water partition coefficient (Wildman–Crippen LogP) is 1.43. The molecule has 4 aliphatic rings. The molecular weight excluding hydrogens is 750 g/mol. The first-order chi connectivity index (χ1) is 28.0. The van der Waals surface area contributed by atoms with E-state index in [9.17, 15) is 28.7 Å². The van der Waals surface area contributed by atoms with E-state index in [4.69, 9.17) is 15.2 Å². The highest BCUT2D eigenvalue weighted by molar-refractivity contribution is 6.03. The number of nitrogens with two attached hydrogens (primary N) is 1. The van der Waals surface area contributed by atoms with Crippen LogP contribution < -0.4 is 30.7 Å². The number of halogens is 1. The summed E-state index contributed by atoms with van der Waals surface area (Å²) < 4.78 is 25.9. The smallest absolute Gasteiger partial charge is 0.255 e. The number of hydrogen-bond acceptors (Lipinski definition) is 12. The number of amides is 4. The maximum Gasteiger partial charge on any atom is 0.255 e. The van der Waals surface area contributed by atoms with Crippen molar-refractivity contribution in [3.05, 3.63) is 47.4 Å². The molecule has 308 valence electrons. The molecule has 0 aliphatic carbocycles. The molecule has 0 saturated carbocycles. The number of alkyl halides is 1. The Hall–Kier alpha value is -5.60. The lowest BCUT2D eigenvalue weighted by Crippen LogP contribution is -2.47. The van der Waals surface area contributed by atoms with Crippen LogP contribution in [0.25, 0.3) is 10.8 Å². The Morgan fingerprint density at radius 2 is 1.78 bits per heavy atom. The van der Waals surface area contributed by atoms with E-state index in [0.717, 1.165) is 51.9 Å². The molecule has 7 rings (SSSR count). The van der Waals surface area contributed by atoms with E-state index in [1.165, 1.54) is 19.5 Å². The van der Waals surface area contributed by atoms with E-state index < -0.39 is 42.0 Å². The predicted molar refractivity (Wildman–Crippen MR) is 211 cm³/mol. The van der Waals surface area contributed by atoms with Gasteiger partial charge in [0.1, 0.15) is 12.4 Å². The number of fused-ring (bicyclic) bond motifs is 1. The summed E-state index contributed by atoms with van der Waals surface area (Å²) in [4.78, 5) is 68.7. The van der Waals surface area contributed by atoms with Gasteiger partial charge in [0.15, 0.2) is 6.17 Å². The lowest BCUT2D eigenvalue weighted by Gasteiger charge is -2.46. The Kier molecular flexibility index (Phi) is 12.2. The number of benzene rings is 1. The highest BCUT2D eigenvalue weighted by atomic mass is 19.1. The van der Waals surface area contributed by atoms with Crippen LogP contribution in [0.1, 0.15) is 71.7 Å². The van der Waals surface area contributed by atoms with Crippen molar-refractivity contribution < 1.29 is 38.1 Å². The Morgan fingerprint density at radius 3 is 2.43 bits per heavy atom. The van der Waals surface area contributed by atoms with Crippen molar-refractivity contribution in [2.75, 3.05) is 71.0 Å². The van der Waals surface area contributed by atoms with Crippen molar-refractivity contribution in [2.24, 2.45) is 17.1 Å². The van der Waals surface area contributed by atoms with Gasteiger partial charge in [0.25, 0.3) is 17.7 Å². The van der Waals surface area contributed by atoms with Gasteiger partial charge in [-0.2, -0.15) is 0 Å². The summed E-state index contributed by atoms with van der Waals surface area (Å²) >= 11 is 0. The molecular formula is C41H50FN9O7. The van der Waals surface area contributed by atoms with Gasteiger partial charge in [-0.1, -0.05) is 18.8 Å². The molecule has 0 bridgehead atoms. The van der Waals surface area contributed by atoms with Gasteiger partial charge in [0, 0.05) is 61.5 Å². The van der Waals surface area contributed by atoms with Crippen LogP contribution in [-0.4, -0.2) is 138 Å². The molecule has 4 aliphatic heterocycles. The summed E-state index contributed by atoms with van der Waals surface area (Å²) in [5.41, 5.74) is 6.97. The number of β-amino-alcohol motifs (C(OH)–C–C–N with tert-alkyl or cyclic N) is 1. The second kappa shape index (κ2) is 17.5. The number of primary amides is 1. The first-order valence-corrected chi connectivity index (χ1v) is 19.9. The van der Waals surface area contributed by atoms with Gasteiger partial charge >= 0.3 is 0 Å². The summed E-state index contributed by atoms with van der Waals surface area (Å²) in [6, 6.07) is 2.75. The average Bonchev–Trinajstić information content (AvgIpc) is 3.80. The van der Waals surface area contributed by atoms with E-state index in [2.05, 4.69) is 47.2 Å². The molecule has 0 radical (unpaired) electrons. The summed E-state index contributed by atoms with van der Waals surface area (Å²) in [6.07, 6.45) is 7.57. The molecule has 4 amide bonds. The summed E-state index contributed by atoms with van der Waals surface area (Å²) in [5.74, 6) is 5.15. The summed E-state index contributed by atoms with van der Waals surface area (Å²) in [7, 11) is 1.44. The standard InChI is InChI=1S/C41H50FN9O7/c1-3-28-32(48-38(56)35(28)42)24-58-39-30-18-33(57-2)31(36(43)54)17-29(30)25(19-45-39)5-4-11-49-13-7-41(8-14-49)9-15-50(16-10-41)40-46-20-26(21-47-40)37(55)44-22-34(53)51-12-6-27(52)23-51/h17-21,27-28,32,35,52H,3,6-16,22-24H2,1-2H3,(H2,43,54)(H,44,55)(H,48,56)/t27?,28-,32?,35?/m0/s1. The quantitative estimate of drug-likeness (QED) is 0.204. The van der Waals surface area contributed by atoms with Crippen molar-refractivity contribution in [1.82, 2.24) is 35.4 Å². The second-order valence-corrected chi connectivity index (χ2v) is 15.6. The van der Waals surface area contributed by atoms with Crippen LogP contribution in [0.4, 0.5) is 10.3 Å². The van der Waals surface area contributed by atoms with Crippen molar-refractivity contribution in [3.63, 3.8) is 0 Å². The van der Waals surface area contributed by atoms with Gasteiger partial charge < -0.3 is 40.7 Å². The van der Waals surface area contributed by atoms with Gasteiger partial charge in [0.2, 0.25) is 17.7 Å². The van der Waals surface area contributed by atoms with Gasteiger partial charge in [-0.05, 0) is 69.2 Å². The number of rotatable bonds is 11. The van der Waals surface area contributed by atoms with E-state index >= 15 is 0 Å². The topological polar surface area (TPSA) is 205 Å². The fraction of sp³-hybridized carbons (Fsp3) is 0.537. The van der Waals surface area contributed by atoms with Crippen LogP contribution >= 0.6 is 0 Å². The molecule has 3 unspecified atom stereocenters. The summed E-state index contributed by atoms with van der Waals surface area (Å²) in [6.45, 7) is 6.45. The van der Waals surface area contributed by atoms with Crippen molar-refractivity contribution in [2.45, 2.75) is 63.8 Å². The molecule has 4 atom stereocenters. The number of anilines is 1. The maximum atomic E-state index is 14.4. The normalized spacial score (nSPS) is 23.0. The molecule has 2 aromatic heterocycles. The van der Waals surface area contributed by atoms with Crippen LogP contribution in [0.2, 0.25) is 0 Å². The number of methoxy groups -OCH3 is 1. The van der Waals surface area contributed by atoms with Crippen LogP contribution in [0, 0.1) is 23.2 Å². The number of ether oxygens (including phenoxy) is 2. The molecule has 16 nitrogen and oxygen atoms in total. The van der Waals surface area contributed by atoms with E-state index in [0.29, 0.717) is 48.2 Å². The van der Waals surface area contributed by atoms with Gasteiger partial charge in [-0.15, -0.1) is 0 Å². The largest absolute Gasteiger partial charge is 0.496 e. The van der Waals surface area contributed by atoms with E-state index in [1.54, 1.807) is 23.2 Å². The number of nitrogens with zero attached hydrogens (tertiary/aromatic N) is 6. The zero-order chi connectivity index (χ0) is 41.0. The highest BCUT2D eigenvalue weighted by Crippen LogP contribution is 2.42. The minimum absolute atomic E-state index is 0.0194. The highest BCUT2D eigenvalue weighted by Gasteiger charge is 2.42. The lowest BCUT2D eigenvalue weighted by molar-refractivity contribution is -0.129. The number of piperidine rings is 2. The van der Waals surface area contributed by atoms with Gasteiger partial charge in [0.05, 0.1) is 49.0 Å². The Balaban J connectivity index is 0.926. The molecule has 4 saturated heterocycles. The number of aromatic nitrogens is 3. The number of nitrogens with one attached hydrogen (secondary N) is 2. The minimum atomic E-state index is -1.59. The molecule has 58 heavy (non-hydrogen) atoms. The minimum Gasteiger partial charge on any atom is -0.496 e. The van der Waals surface area contributed by atoms with E-state index in [1.807, 2.05) is 6.92 Å². The second-order valence-electron chi connectivity index (χ2n) is 15.6. The Labute approximate surface area is 336 Å². The van der Waals surface area contributed by atoms with Crippen LogP contribution in [0.15, 0.2) is 30.7 Å². The first kappa shape index (κ1) is 40.6. The lowest BCUT2D eigenvalue weighted by atomic mass is 9.71. The number of pyridine rings is 1. The third-order valence-corrected chi connectivity index (χ3v) is 12.1. The number of aliphatic hydroxyl groups excluding tert-OH is 1.